The van der Waals surface area contributed by atoms with Crippen molar-refractivity contribution in [3.8, 4) is 17.8 Å². The van der Waals surface area contributed by atoms with Crippen LogP contribution in [0.4, 0.5) is 0 Å². The zero-order chi connectivity index (χ0) is 18.5. The summed E-state index contributed by atoms with van der Waals surface area (Å²) in [5.41, 5.74) is -0.274. The maximum absolute atomic E-state index is 12.2. The minimum absolute atomic E-state index is 0.0546. The van der Waals surface area contributed by atoms with E-state index in [4.69, 9.17) is 10.00 Å². The van der Waals surface area contributed by atoms with Crippen LogP contribution in [-0.2, 0) is 0 Å². The molecule has 0 spiro atoms. The molecule has 0 radical (unpaired) electrons. The van der Waals surface area contributed by atoms with Crippen LogP contribution >= 0.6 is 0 Å². The van der Waals surface area contributed by atoms with E-state index in [0.717, 1.165) is 6.07 Å². The zero-order valence-electron chi connectivity index (χ0n) is 13.8. The third-order valence-corrected chi connectivity index (χ3v) is 4.15. The average molecular weight is 355 g/mol. The fraction of sp³-hybridized carbons (Fsp3) is 0.353. The number of H-pyrrole nitrogens is 1. The Morgan fingerprint density at radius 2 is 2.00 bits per heavy atom. The third-order valence-electron chi connectivity index (χ3n) is 4.15. The molecule has 1 saturated carbocycles. The van der Waals surface area contributed by atoms with Gasteiger partial charge in [-0.15, -0.1) is 0 Å². The quantitative estimate of drug-likeness (QED) is 0.738. The molecule has 1 aliphatic carbocycles. The molecule has 0 unspecified atom stereocenters. The molecule has 2 aromatic rings. The van der Waals surface area contributed by atoms with Crippen LogP contribution in [0.1, 0.15) is 41.7 Å². The molecule has 9 heteroatoms. The van der Waals surface area contributed by atoms with E-state index in [9.17, 15) is 14.7 Å². The highest BCUT2D eigenvalue weighted by Crippen LogP contribution is 2.24. The summed E-state index contributed by atoms with van der Waals surface area (Å²) in [6.45, 7) is 0. The number of hydrogen-bond donors (Lipinski definition) is 3. The molecule has 2 heterocycles. The number of pyridine rings is 1. The Hall–Kier alpha value is -3.41. The number of nitriles is 1. The maximum atomic E-state index is 12.2. The number of nitrogens with zero attached hydrogens (tertiary/aromatic N) is 3. The standard InChI is InChI=1S/C17H17N5O4/c18-9-13-17(20-6-5-19-13)26-12-3-1-11(2-4-12)21-16(25)10-7-14(23)22-15(24)8-10/h5-8,11-12H,1-4H2,(H,21,25)(H2,22,23,24). The SMILES string of the molecule is N#Cc1nccnc1OC1CCC(NC(=O)c2cc(O)[nH]c(=O)c2)CC1. The van der Waals surface area contributed by atoms with Gasteiger partial charge in [-0.05, 0) is 25.7 Å². The van der Waals surface area contributed by atoms with Gasteiger partial charge < -0.3 is 15.2 Å². The topological polar surface area (TPSA) is 141 Å². The van der Waals surface area contributed by atoms with E-state index < -0.39 is 11.5 Å². The van der Waals surface area contributed by atoms with Gasteiger partial charge in [0.15, 0.2) is 5.88 Å². The van der Waals surface area contributed by atoms with Gasteiger partial charge in [-0.25, -0.2) is 9.97 Å². The number of aromatic hydroxyl groups is 1. The number of carbonyl (C=O) groups is 1. The van der Waals surface area contributed by atoms with Crippen LogP contribution in [0.15, 0.2) is 29.3 Å². The van der Waals surface area contributed by atoms with Gasteiger partial charge >= 0.3 is 0 Å². The Bertz CT molecular complexity index is 897. The van der Waals surface area contributed by atoms with Crippen molar-refractivity contribution >= 4 is 5.91 Å². The predicted molar refractivity (Wildman–Crippen MR) is 89.6 cm³/mol. The van der Waals surface area contributed by atoms with E-state index in [0.29, 0.717) is 25.7 Å². The van der Waals surface area contributed by atoms with Gasteiger partial charge in [-0.1, -0.05) is 0 Å². The Morgan fingerprint density at radius 1 is 1.27 bits per heavy atom. The van der Waals surface area contributed by atoms with E-state index >= 15 is 0 Å². The molecule has 0 atom stereocenters. The number of rotatable bonds is 4. The smallest absolute Gasteiger partial charge is 0.251 e. The molecule has 1 amide bonds. The zero-order valence-corrected chi connectivity index (χ0v) is 13.8. The lowest BCUT2D eigenvalue weighted by Gasteiger charge is -2.29. The van der Waals surface area contributed by atoms with E-state index in [1.807, 2.05) is 6.07 Å². The predicted octanol–water partition coefficient (Wildman–Crippen LogP) is 0.862. The number of nitrogens with one attached hydrogen (secondary N) is 2. The summed E-state index contributed by atoms with van der Waals surface area (Å²) in [7, 11) is 0. The number of amides is 1. The molecule has 0 aliphatic heterocycles. The fourth-order valence-corrected chi connectivity index (χ4v) is 2.90. The van der Waals surface area contributed by atoms with Gasteiger partial charge in [-0.3, -0.25) is 14.6 Å². The maximum Gasteiger partial charge on any atom is 0.251 e. The summed E-state index contributed by atoms with van der Waals surface area (Å²) in [5.74, 6) is -0.532. The number of hydrogen-bond acceptors (Lipinski definition) is 7. The summed E-state index contributed by atoms with van der Waals surface area (Å²) in [4.78, 5) is 33.7. The molecule has 1 aliphatic rings. The number of ether oxygens (including phenoxy) is 1. The Morgan fingerprint density at radius 3 is 2.69 bits per heavy atom. The highest BCUT2D eigenvalue weighted by Gasteiger charge is 2.25. The van der Waals surface area contributed by atoms with Crippen LogP contribution in [0.5, 0.6) is 11.8 Å². The van der Waals surface area contributed by atoms with E-state index in [-0.39, 0.29) is 35.2 Å². The molecule has 9 nitrogen and oxygen atoms in total. The lowest BCUT2D eigenvalue weighted by molar-refractivity contribution is 0.0889. The summed E-state index contributed by atoms with van der Waals surface area (Å²) in [5, 5.41) is 21.3. The molecule has 0 aromatic carbocycles. The van der Waals surface area contributed by atoms with Crippen molar-refractivity contribution in [2.45, 2.75) is 37.8 Å². The normalized spacial score (nSPS) is 19.3. The van der Waals surface area contributed by atoms with E-state index in [1.54, 1.807) is 0 Å². The monoisotopic (exact) mass is 355 g/mol. The first-order valence-corrected chi connectivity index (χ1v) is 8.17. The fourth-order valence-electron chi connectivity index (χ4n) is 2.90. The minimum atomic E-state index is -0.537. The Balaban J connectivity index is 1.54. The second-order valence-corrected chi connectivity index (χ2v) is 6.01. The molecule has 2 aromatic heterocycles. The number of aromatic amines is 1. The first kappa shape index (κ1) is 17.4. The molecular formula is C17H17N5O4. The molecule has 134 valence electrons. The Labute approximate surface area is 148 Å². The first-order valence-electron chi connectivity index (χ1n) is 8.17. The third kappa shape index (κ3) is 4.16. The van der Waals surface area contributed by atoms with Gasteiger partial charge in [0, 0.05) is 30.6 Å². The second kappa shape index (κ2) is 7.65. The van der Waals surface area contributed by atoms with Gasteiger partial charge in [0.1, 0.15) is 12.2 Å². The van der Waals surface area contributed by atoms with Crippen molar-refractivity contribution in [3.05, 3.63) is 46.1 Å². The van der Waals surface area contributed by atoms with Gasteiger partial charge in [0.05, 0.1) is 5.56 Å². The molecular weight excluding hydrogens is 338 g/mol. The van der Waals surface area contributed by atoms with Crippen molar-refractivity contribution in [1.82, 2.24) is 20.3 Å². The van der Waals surface area contributed by atoms with Crippen molar-refractivity contribution in [2.75, 3.05) is 0 Å². The molecule has 0 bridgehead atoms. The average Bonchev–Trinajstić information content (AvgIpc) is 2.63. The van der Waals surface area contributed by atoms with Crippen LogP contribution in [0.25, 0.3) is 0 Å². The lowest BCUT2D eigenvalue weighted by atomic mass is 9.92. The van der Waals surface area contributed by atoms with E-state index in [1.165, 1.54) is 18.5 Å². The summed E-state index contributed by atoms with van der Waals surface area (Å²) < 4.78 is 5.76. The summed E-state index contributed by atoms with van der Waals surface area (Å²) >= 11 is 0. The van der Waals surface area contributed by atoms with Crippen molar-refractivity contribution in [2.24, 2.45) is 0 Å². The molecule has 0 saturated heterocycles. The first-order chi connectivity index (χ1) is 12.5. The summed E-state index contributed by atoms with van der Waals surface area (Å²) in [6, 6.07) is 4.24. The van der Waals surface area contributed by atoms with E-state index in [2.05, 4.69) is 20.3 Å². The highest BCUT2D eigenvalue weighted by molar-refractivity contribution is 5.94. The second-order valence-electron chi connectivity index (χ2n) is 6.01. The molecule has 1 fully saturated rings. The van der Waals surface area contributed by atoms with Crippen molar-refractivity contribution in [3.63, 3.8) is 0 Å². The van der Waals surface area contributed by atoms with Crippen LogP contribution in [0.2, 0.25) is 0 Å². The molecule has 26 heavy (non-hydrogen) atoms. The molecule has 3 rings (SSSR count). The van der Waals surface area contributed by atoms with Crippen LogP contribution < -0.4 is 15.6 Å². The van der Waals surface area contributed by atoms with Crippen LogP contribution in [0, 0.1) is 11.3 Å². The van der Waals surface area contributed by atoms with Gasteiger partial charge in [0.25, 0.3) is 17.3 Å². The van der Waals surface area contributed by atoms with Crippen LogP contribution in [-0.4, -0.2) is 38.1 Å². The largest absolute Gasteiger partial charge is 0.494 e. The van der Waals surface area contributed by atoms with Gasteiger partial charge in [-0.2, -0.15) is 5.26 Å². The Kier molecular flexibility index (Phi) is 5.12. The number of carbonyl (C=O) groups excluding carboxylic acids is 1. The van der Waals surface area contributed by atoms with Crippen molar-refractivity contribution < 1.29 is 14.6 Å². The van der Waals surface area contributed by atoms with Gasteiger partial charge in [0.2, 0.25) is 5.69 Å². The number of aromatic nitrogens is 3. The summed E-state index contributed by atoms with van der Waals surface area (Å²) in [6.07, 6.45) is 5.56. The highest BCUT2D eigenvalue weighted by atomic mass is 16.5. The molecule has 3 N–H and O–H groups in total. The van der Waals surface area contributed by atoms with Crippen LogP contribution in [0.3, 0.4) is 0 Å². The minimum Gasteiger partial charge on any atom is -0.494 e. The lowest BCUT2D eigenvalue weighted by Crippen LogP contribution is -2.40. The van der Waals surface area contributed by atoms with Crippen molar-refractivity contribution in [1.29, 1.82) is 5.26 Å².